The van der Waals surface area contributed by atoms with Gasteiger partial charge < -0.3 is 15.0 Å². The average Bonchev–Trinajstić information content (AvgIpc) is 3.51. The van der Waals surface area contributed by atoms with Crippen molar-refractivity contribution < 1.29 is 27.2 Å². The van der Waals surface area contributed by atoms with Crippen LogP contribution in [0.5, 0.6) is 5.88 Å². The second-order valence-corrected chi connectivity index (χ2v) is 11.5. The highest BCUT2D eigenvalue weighted by Crippen LogP contribution is 2.48. The summed E-state index contributed by atoms with van der Waals surface area (Å²) in [7, 11) is 0. The number of fused-ring (bicyclic) bond motifs is 1. The van der Waals surface area contributed by atoms with E-state index in [1.54, 1.807) is 11.0 Å². The van der Waals surface area contributed by atoms with Gasteiger partial charge in [-0.1, -0.05) is 30.7 Å². The maximum absolute atomic E-state index is 15.0. The van der Waals surface area contributed by atoms with Crippen molar-refractivity contribution in [1.29, 1.82) is 0 Å². The first kappa shape index (κ1) is 27.1. The Kier molecular flexibility index (Phi) is 7.79. The Bertz CT molecular complexity index is 1270. The van der Waals surface area contributed by atoms with Gasteiger partial charge in [-0.2, -0.15) is 0 Å². The molecule has 1 amide bonds. The monoisotopic (exact) mass is 568 g/mol. The van der Waals surface area contributed by atoms with Gasteiger partial charge in [-0.05, 0) is 49.0 Å². The fourth-order valence-electron chi connectivity index (χ4n) is 5.69. The van der Waals surface area contributed by atoms with Gasteiger partial charge in [0.1, 0.15) is 18.4 Å². The first-order chi connectivity index (χ1) is 18.3. The zero-order valence-electron chi connectivity index (χ0n) is 20.4. The minimum Gasteiger partial charge on any atom is -0.473 e. The second kappa shape index (κ2) is 10.9. The number of benzene rings is 1. The summed E-state index contributed by atoms with van der Waals surface area (Å²) in [5.74, 6) is -2.68. The van der Waals surface area contributed by atoms with Crippen molar-refractivity contribution in [2.24, 2.45) is 16.6 Å². The smallest absolute Gasteiger partial charge is 0.277 e. The van der Waals surface area contributed by atoms with Crippen LogP contribution in [0.4, 0.5) is 13.2 Å². The number of likely N-dealkylation sites (tertiary alicyclic amines) is 1. The van der Waals surface area contributed by atoms with Gasteiger partial charge in [0.05, 0.1) is 21.1 Å². The van der Waals surface area contributed by atoms with E-state index < -0.39 is 39.9 Å². The van der Waals surface area contributed by atoms with E-state index >= 15 is 8.78 Å². The second-order valence-electron chi connectivity index (χ2n) is 9.79. The summed E-state index contributed by atoms with van der Waals surface area (Å²) in [6.45, 7) is 0.555. The number of rotatable bonds is 9. The minimum absolute atomic E-state index is 0.0648. The maximum Gasteiger partial charge on any atom is 0.277 e. The van der Waals surface area contributed by atoms with Crippen LogP contribution in [0.3, 0.4) is 0 Å². The zero-order chi connectivity index (χ0) is 26.9. The number of carbonyl (C=O) groups is 1. The topological polar surface area (TPSA) is 94.0 Å². The van der Waals surface area contributed by atoms with E-state index in [4.69, 9.17) is 26.6 Å². The number of alkyl halides is 3. The number of allylic oxidation sites excluding steroid dienone is 3. The lowest BCUT2D eigenvalue weighted by atomic mass is 9.81. The molecule has 1 aromatic carbocycles. The Morgan fingerprint density at radius 1 is 1.34 bits per heavy atom. The quantitative estimate of drug-likeness (QED) is 0.404. The SMILES string of the molecule is NC(=O)C1C(F)=CC=CC1(Cl)CCC1SC=NC1(C(F)F)N1CCCCC1COc1noc2ccccc12. The number of hydrogen-bond acceptors (Lipinski definition) is 7. The summed E-state index contributed by atoms with van der Waals surface area (Å²) >= 11 is 7.90. The number of amides is 1. The number of primary amides is 1. The molecule has 7 nitrogen and oxygen atoms in total. The fraction of sp³-hybridized carbons (Fsp3) is 0.500. The highest BCUT2D eigenvalue weighted by Gasteiger charge is 2.57. The van der Waals surface area contributed by atoms with Crippen LogP contribution >= 0.6 is 23.4 Å². The Morgan fingerprint density at radius 3 is 2.95 bits per heavy atom. The van der Waals surface area contributed by atoms with Gasteiger partial charge in [0.2, 0.25) is 5.91 Å². The number of aromatic nitrogens is 1. The molecular weight excluding hydrogens is 541 g/mol. The van der Waals surface area contributed by atoms with E-state index in [1.165, 1.54) is 29.5 Å². The lowest BCUT2D eigenvalue weighted by molar-refractivity contribution is -0.122. The molecule has 2 N–H and O–H groups in total. The fourth-order valence-corrected chi connectivity index (χ4v) is 7.22. The first-order valence-corrected chi connectivity index (χ1v) is 13.8. The van der Waals surface area contributed by atoms with Gasteiger partial charge in [0.25, 0.3) is 12.3 Å². The van der Waals surface area contributed by atoms with Gasteiger partial charge in [0, 0.05) is 12.6 Å². The molecule has 12 heteroatoms. The van der Waals surface area contributed by atoms with Crippen molar-refractivity contribution in [3.8, 4) is 5.88 Å². The normalized spacial score (nSPS) is 31.7. The summed E-state index contributed by atoms with van der Waals surface area (Å²) in [5.41, 5.74) is 5.66. The molecule has 2 aliphatic heterocycles. The molecule has 0 saturated carbocycles. The number of piperidine rings is 1. The van der Waals surface area contributed by atoms with E-state index in [-0.39, 0.29) is 25.5 Å². The standard InChI is InChI=1S/C26H28ClF3N4O3S/c27-25(11-5-8-18(28)21(25)22(31)35)12-10-20-26(24(29)30,32-15-38-20)34-13-4-3-6-16(34)14-36-23-17-7-1-2-9-19(17)37-33-23/h1-2,5,7-9,11,15-16,20-21,24H,3-4,6,10,12-14H2,(H2,31,35). The molecule has 5 rings (SSSR count). The predicted molar refractivity (Wildman–Crippen MR) is 141 cm³/mol. The van der Waals surface area contributed by atoms with E-state index in [0.717, 1.165) is 18.9 Å². The number of thioether (sulfide) groups is 1. The molecule has 1 aliphatic carbocycles. The molecule has 3 heterocycles. The molecule has 1 aromatic heterocycles. The van der Waals surface area contributed by atoms with Crippen LogP contribution < -0.4 is 10.5 Å². The predicted octanol–water partition coefficient (Wildman–Crippen LogP) is 5.45. The average molecular weight is 569 g/mol. The molecular formula is C26H28ClF3N4O3S. The Labute approximate surface area is 227 Å². The molecule has 3 aliphatic rings. The Hall–Kier alpha value is -2.50. The molecule has 1 saturated heterocycles. The number of nitrogens with two attached hydrogens (primary N) is 1. The van der Waals surface area contributed by atoms with Crippen molar-refractivity contribution in [3.05, 3.63) is 48.3 Å². The highest BCUT2D eigenvalue weighted by atomic mass is 35.5. The molecule has 204 valence electrons. The summed E-state index contributed by atoms with van der Waals surface area (Å²) in [6, 6.07) is 6.93. The van der Waals surface area contributed by atoms with Crippen LogP contribution in [0.25, 0.3) is 11.0 Å². The van der Waals surface area contributed by atoms with E-state index in [1.807, 2.05) is 18.2 Å². The lowest BCUT2D eigenvalue weighted by Gasteiger charge is -2.48. The van der Waals surface area contributed by atoms with Crippen LogP contribution in [-0.2, 0) is 4.79 Å². The first-order valence-electron chi connectivity index (χ1n) is 12.5. The van der Waals surface area contributed by atoms with E-state index in [9.17, 15) is 9.18 Å². The summed E-state index contributed by atoms with van der Waals surface area (Å²) in [6.07, 6.45) is 3.77. The van der Waals surface area contributed by atoms with Gasteiger partial charge in [-0.15, -0.1) is 23.4 Å². The Morgan fingerprint density at radius 2 is 2.16 bits per heavy atom. The molecule has 0 radical (unpaired) electrons. The van der Waals surface area contributed by atoms with Gasteiger partial charge in [-0.25, -0.2) is 13.2 Å². The number of para-hydroxylation sites is 1. The number of halogens is 4. The maximum atomic E-state index is 15.0. The molecule has 1 fully saturated rings. The third-order valence-electron chi connectivity index (χ3n) is 7.58. The van der Waals surface area contributed by atoms with Crippen LogP contribution in [0, 0.1) is 5.92 Å². The molecule has 38 heavy (non-hydrogen) atoms. The summed E-state index contributed by atoms with van der Waals surface area (Å²) in [5, 5.41) is 4.03. The molecule has 5 unspecified atom stereocenters. The third kappa shape index (κ3) is 4.84. The van der Waals surface area contributed by atoms with Crippen molar-refractivity contribution in [2.75, 3.05) is 13.2 Å². The van der Waals surface area contributed by atoms with Crippen molar-refractivity contribution in [1.82, 2.24) is 10.1 Å². The number of hydrogen-bond donors (Lipinski definition) is 1. The van der Waals surface area contributed by atoms with Gasteiger partial charge in [0.15, 0.2) is 11.2 Å². The number of ether oxygens (including phenoxy) is 1. The van der Waals surface area contributed by atoms with Crippen LogP contribution in [0.2, 0.25) is 0 Å². The summed E-state index contributed by atoms with van der Waals surface area (Å²) in [4.78, 5) is 16.7. The third-order valence-corrected chi connectivity index (χ3v) is 9.25. The Balaban J connectivity index is 1.36. The number of aliphatic imine (C=N–C) groups is 1. The molecule has 0 bridgehead atoms. The van der Waals surface area contributed by atoms with Gasteiger partial charge >= 0.3 is 0 Å². The highest BCUT2D eigenvalue weighted by molar-refractivity contribution is 8.13. The molecule has 0 spiro atoms. The zero-order valence-corrected chi connectivity index (χ0v) is 22.0. The van der Waals surface area contributed by atoms with Crippen LogP contribution in [0.15, 0.2) is 57.8 Å². The van der Waals surface area contributed by atoms with E-state index in [0.29, 0.717) is 29.8 Å². The largest absolute Gasteiger partial charge is 0.473 e. The lowest BCUT2D eigenvalue weighted by Crippen LogP contribution is -2.63. The van der Waals surface area contributed by atoms with Crippen molar-refractivity contribution in [3.63, 3.8) is 0 Å². The summed E-state index contributed by atoms with van der Waals surface area (Å²) < 4.78 is 55.8. The number of carbonyl (C=O) groups excluding carboxylic acids is 1. The van der Waals surface area contributed by atoms with Crippen LogP contribution in [-0.4, -0.2) is 62.9 Å². The van der Waals surface area contributed by atoms with Crippen molar-refractivity contribution >= 4 is 45.8 Å². The van der Waals surface area contributed by atoms with E-state index in [2.05, 4.69) is 10.1 Å². The molecule has 2 aromatic rings. The molecule has 5 atom stereocenters. The van der Waals surface area contributed by atoms with Crippen molar-refractivity contribution in [2.45, 2.75) is 60.4 Å². The number of nitrogens with zero attached hydrogens (tertiary/aromatic N) is 3. The van der Waals surface area contributed by atoms with Gasteiger partial charge in [-0.3, -0.25) is 14.7 Å². The minimum atomic E-state index is -2.80. The van der Waals surface area contributed by atoms with Crippen LogP contribution in [0.1, 0.15) is 32.1 Å².